The first-order chi connectivity index (χ1) is 12.6. The van der Waals surface area contributed by atoms with Gasteiger partial charge in [0.25, 0.3) is 0 Å². The van der Waals surface area contributed by atoms with Gasteiger partial charge in [0.05, 0.1) is 0 Å². The Morgan fingerprint density at radius 3 is 2.19 bits per heavy atom. The summed E-state index contributed by atoms with van der Waals surface area (Å²) in [4.78, 5) is 24.4. The molecule has 134 valence electrons. The van der Waals surface area contributed by atoms with Crippen molar-refractivity contribution in [3.05, 3.63) is 71.9 Å². The van der Waals surface area contributed by atoms with Crippen LogP contribution < -0.4 is 0 Å². The van der Waals surface area contributed by atoms with Crippen LogP contribution in [0.2, 0.25) is 0 Å². The van der Waals surface area contributed by atoms with Crippen molar-refractivity contribution in [2.45, 2.75) is 19.3 Å². The van der Waals surface area contributed by atoms with Crippen LogP contribution in [0.3, 0.4) is 0 Å². The number of nitrogens with zero attached hydrogens (tertiary/aromatic N) is 1. The monoisotopic (exact) mass is 351 g/mol. The predicted octanol–water partition coefficient (Wildman–Crippen LogP) is 4.25. The van der Waals surface area contributed by atoms with Gasteiger partial charge in [0.2, 0.25) is 0 Å². The molecule has 2 aromatic rings. The van der Waals surface area contributed by atoms with Gasteiger partial charge >= 0.3 is 12.1 Å². The fourth-order valence-electron chi connectivity index (χ4n) is 3.23. The second-order valence-electron chi connectivity index (χ2n) is 6.12. The van der Waals surface area contributed by atoms with Crippen LogP contribution in [-0.2, 0) is 9.53 Å². The Balaban J connectivity index is 1.77. The molecule has 0 aromatic heterocycles. The van der Waals surface area contributed by atoms with E-state index < -0.39 is 18.6 Å². The zero-order valence-corrected chi connectivity index (χ0v) is 14.6. The van der Waals surface area contributed by atoms with Gasteiger partial charge in [0.1, 0.15) is 13.2 Å². The fraction of sp³-hybridized carbons (Fsp3) is 0.238. The third-order valence-electron chi connectivity index (χ3n) is 4.40. The summed E-state index contributed by atoms with van der Waals surface area (Å²) in [5.41, 5.74) is 4.54. The van der Waals surface area contributed by atoms with Crippen molar-refractivity contribution < 1.29 is 19.4 Å². The van der Waals surface area contributed by atoms with Crippen LogP contribution in [0.4, 0.5) is 4.79 Å². The molecule has 2 aromatic carbocycles. The predicted molar refractivity (Wildman–Crippen MR) is 98.8 cm³/mol. The van der Waals surface area contributed by atoms with Crippen molar-refractivity contribution in [3.63, 3.8) is 0 Å². The number of benzene rings is 2. The van der Waals surface area contributed by atoms with E-state index in [0.29, 0.717) is 6.42 Å². The average molecular weight is 351 g/mol. The van der Waals surface area contributed by atoms with Crippen LogP contribution in [0.5, 0.6) is 0 Å². The molecule has 0 bridgehead atoms. The molecule has 1 N–H and O–H groups in total. The molecular weight excluding hydrogens is 330 g/mol. The van der Waals surface area contributed by atoms with Crippen molar-refractivity contribution >= 4 is 12.1 Å². The molecule has 0 saturated heterocycles. The minimum atomic E-state index is -1.08. The van der Waals surface area contributed by atoms with Gasteiger partial charge in [-0.15, -0.1) is 0 Å². The molecule has 1 amide bonds. The van der Waals surface area contributed by atoms with Crippen LogP contribution in [0.1, 0.15) is 30.4 Å². The van der Waals surface area contributed by atoms with E-state index >= 15 is 0 Å². The van der Waals surface area contributed by atoms with Crippen molar-refractivity contribution in [2.75, 3.05) is 13.2 Å². The maximum atomic E-state index is 12.4. The summed E-state index contributed by atoms with van der Waals surface area (Å²) in [5.74, 6) is -1.13. The number of fused-ring (bicyclic) bond motifs is 3. The first kappa shape index (κ1) is 17.7. The van der Waals surface area contributed by atoms with E-state index in [1.807, 2.05) is 43.3 Å². The Morgan fingerprint density at radius 1 is 1.08 bits per heavy atom. The summed E-state index contributed by atoms with van der Waals surface area (Å²) in [6.45, 7) is 1.66. The van der Waals surface area contributed by atoms with Crippen molar-refractivity contribution in [3.8, 4) is 11.1 Å². The Bertz CT molecular complexity index is 798. The molecular formula is C21H21NO4. The van der Waals surface area contributed by atoms with E-state index in [0.717, 1.165) is 27.2 Å². The van der Waals surface area contributed by atoms with Gasteiger partial charge in [-0.2, -0.15) is 0 Å². The number of ether oxygens (including phenoxy) is 1. The zero-order valence-electron chi connectivity index (χ0n) is 14.6. The molecule has 3 rings (SSSR count). The number of hydrogen-bond acceptors (Lipinski definition) is 3. The Hall–Kier alpha value is -3.08. The van der Waals surface area contributed by atoms with Crippen molar-refractivity contribution in [2.24, 2.45) is 0 Å². The highest BCUT2D eigenvalue weighted by Crippen LogP contribution is 2.44. The fourth-order valence-corrected chi connectivity index (χ4v) is 3.23. The van der Waals surface area contributed by atoms with Gasteiger partial charge in [-0.05, 0) is 28.7 Å². The molecule has 5 heteroatoms. The van der Waals surface area contributed by atoms with E-state index in [4.69, 9.17) is 9.84 Å². The lowest BCUT2D eigenvalue weighted by atomic mass is 9.98. The van der Waals surface area contributed by atoms with Crippen molar-refractivity contribution in [1.29, 1.82) is 0 Å². The lowest BCUT2D eigenvalue weighted by Gasteiger charge is -2.19. The molecule has 0 atom stereocenters. The topological polar surface area (TPSA) is 66.8 Å². The van der Waals surface area contributed by atoms with Crippen molar-refractivity contribution in [1.82, 2.24) is 4.90 Å². The summed E-state index contributed by atoms with van der Waals surface area (Å²) >= 11 is 0. The SMILES string of the molecule is CCC=CN(CC(=O)O)C(=O)OCC1c2ccccc2-c2ccccc21. The molecule has 0 unspecified atom stereocenters. The molecule has 0 fully saturated rings. The number of carbonyl (C=O) groups excluding carboxylic acids is 1. The maximum Gasteiger partial charge on any atom is 0.414 e. The molecule has 26 heavy (non-hydrogen) atoms. The van der Waals surface area contributed by atoms with Gasteiger partial charge in [0, 0.05) is 12.1 Å². The van der Waals surface area contributed by atoms with Gasteiger partial charge < -0.3 is 9.84 Å². The zero-order chi connectivity index (χ0) is 18.5. The first-order valence-corrected chi connectivity index (χ1v) is 8.62. The molecule has 0 aliphatic heterocycles. The number of hydrogen-bond donors (Lipinski definition) is 1. The van der Waals surface area contributed by atoms with Crippen LogP contribution in [0.25, 0.3) is 11.1 Å². The van der Waals surface area contributed by atoms with E-state index in [9.17, 15) is 9.59 Å². The molecule has 0 saturated carbocycles. The van der Waals surface area contributed by atoms with E-state index in [2.05, 4.69) is 12.1 Å². The standard InChI is InChI=1S/C21H21NO4/c1-2-3-12-22(13-20(23)24)21(25)26-14-19-17-10-6-4-8-15(17)16-9-5-7-11-18(16)19/h3-12,19H,2,13-14H2,1H3,(H,23,24). The van der Waals surface area contributed by atoms with Crippen LogP contribution in [0.15, 0.2) is 60.8 Å². The third-order valence-corrected chi connectivity index (χ3v) is 4.40. The van der Waals surface area contributed by atoms with Gasteiger partial charge in [-0.3, -0.25) is 9.69 Å². The Labute approximate surface area is 152 Å². The van der Waals surface area contributed by atoms with Crippen LogP contribution >= 0.6 is 0 Å². The molecule has 0 heterocycles. The highest BCUT2D eigenvalue weighted by Gasteiger charge is 2.29. The number of carbonyl (C=O) groups is 2. The number of rotatable bonds is 6. The Morgan fingerprint density at radius 2 is 1.65 bits per heavy atom. The number of carboxylic acid groups (broad SMARTS) is 1. The summed E-state index contributed by atoms with van der Waals surface area (Å²) in [6, 6.07) is 16.1. The third kappa shape index (κ3) is 3.61. The van der Waals surface area contributed by atoms with Gasteiger partial charge in [-0.25, -0.2) is 4.79 Å². The van der Waals surface area contributed by atoms with E-state index in [1.54, 1.807) is 6.08 Å². The van der Waals surface area contributed by atoms with Gasteiger partial charge in [0.15, 0.2) is 0 Å². The minimum absolute atomic E-state index is 0.0480. The molecule has 0 spiro atoms. The van der Waals surface area contributed by atoms with E-state index in [-0.39, 0.29) is 12.5 Å². The summed E-state index contributed by atoms with van der Waals surface area (Å²) < 4.78 is 5.47. The quantitative estimate of drug-likeness (QED) is 0.845. The Kier molecular flexibility index (Phi) is 5.37. The number of amides is 1. The molecule has 1 aliphatic carbocycles. The summed E-state index contributed by atoms with van der Waals surface area (Å²) in [7, 11) is 0. The lowest BCUT2D eigenvalue weighted by Crippen LogP contribution is -2.32. The summed E-state index contributed by atoms with van der Waals surface area (Å²) in [6.07, 6.45) is 3.24. The second-order valence-corrected chi connectivity index (χ2v) is 6.12. The highest BCUT2D eigenvalue weighted by molar-refractivity contribution is 5.80. The van der Waals surface area contributed by atoms with E-state index in [1.165, 1.54) is 6.20 Å². The number of allylic oxidation sites excluding steroid dienone is 1. The lowest BCUT2D eigenvalue weighted by molar-refractivity contribution is -0.137. The average Bonchev–Trinajstić information content (AvgIpc) is 2.97. The van der Waals surface area contributed by atoms with Crippen LogP contribution in [-0.4, -0.2) is 35.2 Å². The summed E-state index contributed by atoms with van der Waals surface area (Å²) in [5, 5.41) is 8.99. The van der Waals surface area contributed by atoms with Crippen LogP contribution in [0, 0.1) is 0 Å². The maximum absolute atomic E-state index is 12.4. The second kappa shape index (κ2) is 7.87. The number of aliphatic carboxylic acids is 1. The number of carboxylic acids is 1. The largest absolute Gasteiger partial charge is 0.480 e. The smallest absolute Gasteiger partial charge is 0.414 e. The first-order valence-electron chi connectivity index (χ1n) is 8.62. The molecule has 5 nitrogen and oxygen atoms in total. The highest BCUT2D eigenvalue weighted by atomic mass is 16.6. The normalized spacial score (nSPS) is 12.7. The molecule has 1 aliphatic rings. The van der Waals surface area contributed by atoms with Gasteiger partial charge in [-0.1, -0.05) is 61.5 Å². The molecule has 0 radical (unpaired) electrons. The minimum Gasteiger partial charge on any atom is -0.480 e.